The Labute approximate surface area is 170 Å². The van der Waals surface area contributed by atoms with Crippen molar-refractivity contribution in [1.82, 2.24) is 4.90 Å². The van der Waals surface area contributed by atoms with Crippen LogP contribution in [0.25, 0.3) is 0 Å². The van der Waals surface area contributed by atoms with E-state index in [1.807, 2.05) is 55.5 Å². The van der Waals surface area contributed by atoms with Gasteiger partial charge in [-0.05, 0) is 42.3 Å². The maximum atomic E-state index is 10.8. The molecular weight excluding hydrogens is 378 g/mol. The lowest BCUT2D eigenvalue weighted by Crippen LogP contribution is -2.39. The summed E-state index contributed by atoms with van der Waals surface area (Å²) in [5.74, 6) is 0.0565. The highest BCUT2D eigenvalue weighted by molar-refractivity contribution is 6.30. The smallest absolute Gasteiger partial charge is 0.304 e. The molecule has 1 aliphatic heterocycles. The Kier molecular flexibility index (Phi) is 7.31. The minimum atomic E-state index is -0.766. The fourth-order valence-electron chi connectivity index (χ4n) is 3.35. The van der Waals surface area contributed by atoms with Crippen molar-refractivity contribution in [3.8, 4) is 5.75 Å². The van der Waals surface area contributed by atoms with Gasteiger partial charge in [-0.25, -0.2) is 0 Å². The van der Waals surface area contributed by atoms with E-state index in [1.165, 1.54) is 5.56 Å². The molecule has 0 spiro atoms. The normalized spacial score (nSPS) is 18.6. The van der Waals surface area contributed by atoms with Crippen LogP contribution in [0.3, 0.4) is 0 Å². The van der Waals surface area contributed by atoms with Gasteiger partial charge in [0, 0.05) is 31.1 Å². The number of nitrogens with zero attached hydrogens (tertiary/aromatic N) is 1. The van der Waals surface area contributed by atoms with E-state index in [0.29, 0.717) is 19.7 Å². The second kappa shape index (κ2) is 9.92. The first-order chi connectivity index (χ1) is 13.5. The summed E-state index contributed by atoms with van der Waals surface area (Å²) >= 11 is 5.93. The maximum Gasteiger partial charge on any atom is 0.304 e. The summed E-state index contributed by atoms with van der Waals surface area (Å²) in [6, 6.07) is 15.8. The summed E-state index contributed by atoms with van der Waals surface area (Å²) in [7, 11) is 0. The average Bonchev–Trinajstić information content (AvgIpc) is 2.69. The molecule has 150 valence electrons. The van der Waals surface area contributed by atoms with Gasteiger partial charge in [-0.1, -0.05) is 35.9 Å². The standard InChI is InChI=1S/C22H26ClNO4/c1-16(14-17-2-6-19(23)7-3-17)28-20-8-4-18(5-9-20)21-15-24(12-13-27-21)11-10-22(25)26/h2-9,16,21H,10-15H2,1H3,(H,25,26). The molecule has 6 heteroatoms. The van der Waals surface area contributed by atoms with Gasteiger partial charge in [0.1, 0.15) is 5.75 Å². The number of carbonyl (C=O) groups is 1. The number of ether oxygens (including phenoxy) is 2. The number of carboxylic acid groups (broad SMARTS) is 1. The number of morpholine rings is 1. The molecule has 1 saturated heterocycles. The lowest BCUT2D eigenvalue weighted by molar-refractivity contribution is -0.137. The third-order valence-corrected chi connectivity index (χ3v) is 5.07. The molecule has 1 fully saturated rings. The number of aliphatic carboxylic acids is 1. The van der Waals surface area contributed by atoms with Crippen LogP contribution in [-0.2, 0) is 16.0 Å². The highest BCUT2D eigenvalue weighted by Gasteiger charge is 2.22. The first-order valence-corrected chi connectivity index (χ1v) is 9.94. The Hall–Kier alpha value is -2.08. The summed E-state index contributed by atoms with van der Waals surface area (Å²) in [4.78, 5) is 12.9. The zero-order valence-corrected chi connectivity index (χ0v) is 16.8. The molecule has 3 rings (SSSR count). The molecule has 2 unspecified atom stereocenters. The van der Waals surface area contributed by atoms with Gasteiger partial charge in [-0.2, -0.15) is 0 Å². The van der Waals surface area contributed by atoms with Crippen LogP contribution in [0.5, 0.6) is 5.75 Å². The minimum Gasteiger partial charge on any atom is -0.490 e. The molecule has 2 aromatic rings. The number of hydrogen-bond acceptors (Lipinski definition) is 4. The molecule has 0 aliphatic carbocycles. The third-order valence-electron chi connectivity index (χ3n) is 4.82. The van der Waals surface area contributed by atoms with Gasteiger partial charge in [0.05, 0.1) is 25.2 Å². The van der Waals surface area contributed by atoms with E-state index >= 15 is 0 Å². The molecule has 0 bridgehead atoms. The summed E-state index contributed by atoms with van der Waals surface area (Å²) in [6.07, 6.45) is 0.973. The van der Waals surface area contributed by atoms with Crippen LogP contribution < -0.4 is 4.74 Å². The number of benzene rings is 2. The van der Waals surface area contributed by atoms with Gasteiger partial charge in [0.2, 0.25) is 0 Å². The second-order valence-corrected chi connectivity index (χ2v) is 7.57. The number of halogens is 1. The van der Waals surface area contributed by atoms with Crippen molar-refractivity contribution in [2.75, 3.05) is 26.2 Å². The van der Waals surface area contributed by atoms with Crippen molar-refractivity contribution in [2.45, 2.75) is 32.0 Å². The van der Waals surface area contributed by atoms with E-state index in [9.17, 15) is 4.79 Å². The van der Waals surface area contributed by atoms with Gasteiger partial charge in [-0.15, -0.1) is 0 Å². The average molecular weight is 404 g/mol. The molecule has 0 saturated carbocycles. The van der Waals surface area contributed by atoms with Crippen LogP contribution >= 0.6 is 11.6 Å². The summed E-state index contributed by atoms with van der Waals surface area (Å²) < 4.78 is 11.9. The van der Waals surface area contributed by atoms with Crippen molar-refractivity contribution in [3.05, 3.63) is 64.7 Å². The Morgan fingerprint density at radius 2 is 1.96 bits per heavy atom. The lowest BCUT2D eigenvalue weighted by atomic mass is 10.1. The van der Waals surface area contributed by atoms with E-state index in [0.717, 1.165) is 29.3 Å². The molecule has 0 amide bonds. The van der Waals surface area contributed by atoms with E-state index in [4.69, 9.17) is 26.2 Å². The Balaban J connectivity index is 1.52. The number of hydrogen-bond donors (Lipinski definition) is 1. The van der Waals surface area contributed by atoms with Crippen molar-refractivity contribution in [3.63, 3.8) is 0 Å². The van der Waals surface area contributed by atoms with Gasteiger partial charge in [-0.3, -0.25) is 9.69 Å². The fraction of sp³-hybridized carbons (Fsp3) is 0.409. The Morgan fingerprint density at radius 3 is 2.64 bits per heavy atom. The molecular formula is C22H26ClNO4. The number of carboxylic acids is 1. The number of rotatable bonds is 8. The van der Waals surface area contributed by atoms with Crippen molar-refractivity contribution in [1.29, 1.82) is 0 Å². The van der Waals surface area contributed by atoms with E-state index in [1.54, 1.807) is 0 Å². The molecule has 1 heterocycles. The predicted octanol–water partition coefficient (Wildman–Crippen LogP) is 4.20. The molecule has 2 aromatic carbocycles. The maximum absolute atomic E-state index is 10.8. The molecule has 0 radical (unpaired) electrons. The van der Waals surface area contributed by atoms with Crippen molar-refractivity contribution in [2.24, 2.45) is 0 Å². The largest absolute Gasteiger partial charge is 0.490 e. The quantitative estimate of drug-likeness (QED) is 0.715. The van der Waals surface area contributed by atoms with Gasteiger partial charge in [0.15, 0.2) is 0 Å². The predicted molar refractivity (Wildman–Crippen MR) is 109 cm³/mol. The van der Waals surface area contributed by atoms with E-state index in [-0.39, 0.29) is 18.6 Å². The summed E-state index contributed by atoms with van der Waals surface area (Å²) in [5.41, 5.74) is 2.27. The third kappa shape index (κ3) is 6.23. The van der Waals surface area contributed by atoms with E-state index < -0.39 is 5.97 Å². The Morgan fingerprint density at radius 1 is 1.25 bits per heavy atom. The monoisotopic (exact) mass is 403 g/mol. The van der Waals surface area contributed by atoms with Gasteiger partial charge in [0.25, 0.3) is 0 Å². The van der Waals surface area contributed by atoms with Crippen LogP contribution in [0.2, 0.25) is 5.02 Å². The highest BCUT2D eigenvalue weighted by atomic mass is 35.5. The van der Waals surface area contributed by atoms with Crippen molar-refractivity contribution < 1.29 is 19.4 Å². The topological polar surface area (TPSA) is 59.0 Å². The van der Waals surface area contributed by atoms with Gasteiger partial charge >= 0.3 is 5.97 Å². The molecule has 2 atom stereocenters. The van der Waals surface area contributed by atoms with Gasteiger partial charge < -0.3 is 14.6 Å². The zero-order valence-electron chi connectivity index (χ0n) is 16.0. The van der Waals surface area contributed by atoms with Crippen LogP contribution in [0.15, 0.2) is 48.5 Å². The zero-order chi connectivity index (χ0) is 19.9. The SMILES string of the molecule is CC(Cc1ccc(Cl)cc1)Oc1ccc(C2CN(CCC(=O)O)CCO2)cc1. The lowest BCUT2D eigenvalue weighted by Gasteiger charge is -2.32. The molecule has 0 aromatic heterocycles. The minimum absolute atomic E-state index is 0.0388. The molecule has 1 N–H and O–H groups in total. The van der Waals surface area contributed by atoms with Crippen LogP contribution in [0.4, 0.5) is 0 Å². The Bertz CT molecular complexity index is 763. The molecule has 28 heavy (non-hydrogen) atoms. The molecule has 5 nitrogen and oxygen atoms in total. The summed E-state index contributed by atoms with van der Waals surface area (Å²) in [6.45, 7) is 4.69. The molecule has 1 aliphatic rings. The van der Waals surface area contributed by atoms with Crippen molar-refractivity contribution >= 4 is 17.6 Å². The first kappa shape index (κ1) is 20.6. The fourth-order valence-corrected chi connectivity index (χ4v) is 3.47. The first-order valence-electron chi connectivity index (χ1n) is 9.56. The van der Waals surface area contributed by atoms with Crippen LogP contribution in [-0.4, -0.2) is 48.3 Å². The van der Waals surface area contributed by atoms with Crippen LogP contribution in [0, 0.1) is 0 Å². The van der Waals surface area contributed by atoms with E-state index in [2.05, 4.69) is 4.90 Å². The second-order valence-electron chi connectivity index (χ2n) is 7.13. The summed E-state index contributed by atoms with van der Waals surface area (Å²) in [5, 5.41) is 9.59. The highest BCUT2D eigenvalue weighted by Crippen LogP contribution is 2.25. The van der Waals surface area contributed by atoms with Crippen LogP contribution in [0.1, 0.15) is 30.6 Å².